The normalized spacial score (nSPS) is 13.9. The van der Waals surface area contributed by atoms with Gasteiger partial charge in [-0.1, -0.05) is 0 Å². The zero-order valence-corrected chi connectivity index (χ0v) is 10.5. The third-order valence-electron chi connectivity index (χ3n) is 2.20. The first kappa shape index (κ1) is 16.7. The fraction of sp³-hybridized carbons (Fsp3) is 1.00. The van der Waals surface area contributed by atoms with Crippen LogP contribution in [-0.4, -0.2) is 45.2 Å². The van der Waals surface area contributed by atoms with E-state index in [1.807, 2.05) is 6.92 Å². The van der Waals surface area contributed by atoms with Crippen LogP contribution in [0.2, 0.25) is 0 Å². The first-order chi connectivity index (χ1) is 7.98. The number of rotatable bonds is 10. The second kappa shape index (κ2) is 9.67. The molecule has 0 aliphatic heterocycles. The second-order valence-corrected chi connectivity index (χ2v) is 3.71. The standard InChI is InChI=1S/C11H22F3NO2/c1-3-16-8-5-4-6-15-7-9-17-10(2)11(12,13)14/h10,15H,3-9H2,1-2H3. The van der Waals surface area contributed by atoms with Crippen molar-refractivity contribution in [3.05, 3.63) is 0 Å². The van der Waals surface area contributed by atoms with Crippen molar-refractivity contribution in [1.29, 1.82) is 0 Å². The van der Waals surface area contributed by atoms with Crippen LogP contribution < -0.4 is 5.32 Å². The minimum absolute atomic E-state index is 0.0755. The van der Waals surface area contributed by atoms with Crippen LogP contribution in [0.25, 0.3) is 0 Å². The molecular weight excluding hydrogens is 235 g/mol. The van der Waals surface area contributed by atoms with Gasteiger partial charge < -0.3 is 14.8 Å². The van der Waals surface area contributed by atoms with Crippen LogP contribution in [0.3, 0.4) is 0 Å². The van der Waals surface area contributed by atoms with Gasteiger partial charge in [-0.2, -0.15) is 13.2 Å². The van der Waals surface area contributed by atoms with Crippen LogP contribution in [0, 0.1) is 0 Å². The molecular formula is C11H22F3NO2. The van der Waals surface area contributed by atoms with E-state index in [-0.39, 0.29) is 6.61 Å². The molecule has 1 N–H and O–H groups in total. The van der Waals surface area contributed by atoms with Gasteiger partial charge in [0.15, 0.2) is 6.10 Å². The van der Waals surface area contributed by atoms with Gasteiger partial charge in [0.1, 0.15) is 0 Å². The largest absolute Gasteiger partial charge is 0.414 e. The predicted molar refractivity (Wildman–Crippen MR) is 60.1 cm³/mol. The van der Waals surface area contributed by atoms with Crippen molar-refractivity contribution in [1.82, 2.24) is 5.32 Å². The molecule has 0 saturated heterocycles. The van der Waals surface area contributed by atoms with Gasteiger partial charge in [0, 0.05) is 19.8 Å². The maximum atomic E-state index is 12.0. The summed E-state index contributed by atoms with van der Waals surface area (Å²) in [5.41, 5.74) is 0. The second-order valence-electron chi connectivity index (χ2n) is 3.71. The van der Waals surface area contributed by atoms with Crippen molar-refractivity contribution < 1.29 is 22.6 Å². The van der Waals surface area contributed by atoms with Crippen molar-refractivity contribution in [2.45, 2.75) is 39.0 Å². The highest BCUT2D eigenvalue weighted by Crippen LogP contribution is 2.21. The van der Waals surface area contributed by atoms with E-state index >= 15 is 0 Å². The molecule has 0 radical (unpaired) electrons. The molecule has 0 aromatic heterocycles. The maximum Gasteiger partial charge on any atom is 0.414 e. The van der Waals surface area contributed by atoms with E-state index in [4.69, 9.17) is 4.74 Å². The number of hydrogen-bond donors (Lipinski definition) is 1. The lowest BCUT2D eigenvalue weighted by Crippen LogP contribution is -2.31. The molecule has 1 unspecified atom stereocenters. The molecule has 3 nitrogen and oxygen atoms in total. The Hall–Kier alpha value is -0.330. The molecule has 0 rings (SSSR count). The molecule has 1 atom stereocenters. The van der Waals surface area contributed by atoms with Gasteiger partial charge >= 0.3 is 6.18 Å². The van der Waals surface area contributed by atoms with Crippen LogP contribution in [0.1, 0.15) is 26.7 Å². The van der Waals surface area contributed by atoms with Gasteiger partial charge in [0.25, 0.3) is 0 Å². The van der Waals surface area contributed by atoms with Gasteiger partial charge in [-0.15, -0.1) is 0 Å². The third-order valence-corrected chi connectivity index (χ3v) is 2.20. The quantitative estimate of drug-likeness (QED) is 0.609. The number of nitrogens with one attached hydrogen (secondary N) is 1. The Balaban J connectivity index is 3.19. The van der Waals surface area contributed by atoms with Crippen molar-refractivity contribution in [3.8, 4) is 0 Å². The molecule has 0 heterocycles. The number of unbranched alkanes of at least 4 members (excludes halogenated alkanes) is 1. The van der Waals surface area contributed by atoms with Crippen molar-refractivity contribution in [2.75, 3.05) is 32.9 Å². The zero-order valence-electron chi connectivity index (χ0n) is 10.5. The fourth-order valence-electron chi connectivity index (χ4n) is 1.13. The van der Waals surface area contributed by atoms with E-state index in [9.17, 15) is 13.2 Å². The number of alkyl halides is 3. The van der Waals surface area contributed by atoms with Crippen molar-refractivity contribution >= 4 is 0 Å². The smallest absolute Gasteiger partial charge is 0.382 e. The summed E-state index contributed by atoms with van der Waals surface area (Å²) in [7, 11) is 0. The number of hydrogen-bond acceptors (Lipinski definition) is 3. The summed E-state index contributed by atoms with van der Waals surface area (Å²) in [5, 5.41) is 3.02. The topological polar surface area (TPSA) is 30.5 Å². The Bertz CT molecular complexity index is 177. The molecule has 0 fully saturated rings. The van der Waals surface area contributed by atoms with Gasteiger partial charge in [0.05, 0.1) is 6.61 Å². The molecule has 0 bridgehead atoms. The lowest BCUT2D eigenvalue weighted by atomic mass is 10.3. The summed E-state index contributed by atoms with van der Waals surface area (Å²) >= 11 is 0. The average Bonchev–Trinajstić information content (AvgIpc) is 2.25. The highest BCUT2D eigenvalue weighted by Gasteiger charge is 2.36. The minimum atomic E-state index is -4.27. The first-order valence-corrected chi connectivity index (χ1v) is 5.95. The maximum absolute atomic E-state index is 12.0. The highest BCUT2D eigenvalue weighted by atomic mass is 19.4. The van der Waals surface area contributed by atoms with Crippen LogP contribution in [0.5, 0.6) is 0 Å². The first-order valence-electron chi connectivity index (χ1n) is 5.95. The van der Waals surface area contributed by atoms with Gasteiger partial charge in [-0.05, 0) is 33.2 Å². The summed E-state index contributed by atoms with van der Waals surface area (Å²) in [4.78, 5) is 0. The van der Waals surface area contributed by atoms with Crippen molar-refractivity contribution in [3.63, 3.8) is 0 Å². The summed E-state index contributed by atoms with van der Waals surface area (Å²) in [6.07, 6.45) is -4.05. The van der Waals surface area contributed by atoms with Gasteiger partial charge in [-0.3, -0.25) is 0 Å². The Kier molecular flexibility index (Phi) is 9.49. The minimum Gasteiger partial charge on any atom is -0.382 e. The van der Waals surface area contributed by atoms with Crippen LogP contribution in [0.4, 0.5) is 13.2 Å². The van der Waals surface area contributed by atoms with Gasteiger partial charge in [-0.25, -0.2) is 0 Å². The monoisotopic (exact) mass is 257 g/mol. The number of ether oxygens (including phenoxy) is 2. The SMILES string of the molecule is CCOCCCCNCCOC(C)C(F)(F)F. The van der Waals surface area contributed by atoms with Gasteiger partial charge in [0.2, 0.25) is 0 Å². The predicted octanol–water partition coefficient (Wildman–Crippen LogP) is 2.36. The summed E-state index contributed by atoms with van der Waals surface area (Å²) < 4.78 is 45.9. The third kappa shape index (κ3) is 10.5. The summed E-state index contributed by atoms with van der Waals surface area (Å²) in [6.45, 7) is 5.70. The Morgan fingerprint density at radius 3 is 2.41 bits per heavy atom. The summed E-state index contributed by atoms with van der Waals surface area (Å²) in [5.74, 6) is 0. The zero-order chi connectivity index (χ0) is 13.1. The highest BCUT2D eigenvalue weighted by molar-refractivity contribution is 4.60. The molecule has 0 amide bonds. The average molecular weight is 257 g/mol. The van der Waals surface area contributed by atoms with E-state index in [1.165, 1.54) is 0 Å². The Morgan fingerprint density at radius 1 is 1.12 bits per heavy atom. The van der Waals surface area contributed by atoms with Crippen LogP contribution in [0.15, 0.2) is 0 Å². The van der Waals surface area contributed by atoms with E-state index in [2.05, 4.69) is 10.1 Å². The fourth-order valence-corrected chi connectivity index (χ4v) is 1.13. The Labute approximate surface area is 101 Å². The van der Waals surface area contributed by atoms with Crippen LogP contribution >= 0.6 is 0 Å². The lowest BCUT2D eigenvalue weighted by molar-refractivity contribution is -0.213. The van der Waals surface area contributed by atoms with Crippen LogP contribution in [-0.2, 0) is 9.47 Å². The van der Waals surface area contributed by atoms with Crippen molar-refractivity contribution in [2.24, 2.45) is 0 Å². The number of halogens is 3. The molecule has 0 aliphatic rings. The molecule has 0 spiro atoms. The Morgan fingerprint density at radius 2 is 1.82 bits per heavy atom. The molecule has 0 aromatic rings. The summed E-state index contributed by atoms with van der Waals surface area (Å²) in [6, 6.07) is 0. The van der Waals surface area contributed by atoms with E-state index < -0.39 is 12.3 Å². The molecule has 0 aromatic carbocycles. The molecule has 104 valence electrons. The molecule has 17 heavy (non-hydrogen) atoms. The van der Waals surface area contributed by atoms with E-state index in [1.54, 1.807) is 0 Å². The molecule has 6 heteroatoms. The van der Waals surface area contributed by atoms with E-state index in [0.29, 0.717) is 6.54 Å². The molecule has 0 aliphatic carbocycles. The lowest BCUT2D eigenvalue weighted by Gasteiger charge is -2.16. The molecule has 0 saturated carbocycles. The van der Waals surface area contributed by atoms with E-state index in [0.717, 1.165) is 39.5 Å².